The molecule has 1 aliphatic heterocycles. The van der Waals surface area contributed by atoms with Gasteiger partial charge in [-0.15, -0.1) is 0 Å². The third-order valence-corrected chi connectivity index (χ3v) is 1.75. The molecule has 4 nitrogen and oxygen atoms in total. The number of aromatic nitrogens is 1. The zero-order valence-electron chi connectivity index (χ0n) is 6.40. The maximum atomic E-state index is 4.73. The molecular formula is C6H9BN3O. The second kappa shape index (κ2) is 2.58. The normalized spacial score (nSPS) is 18.8. The average Bonchev–Trinajstić information content (AvgIpc) is 2.55. The van der Waals surface area contributed by atoms with Crippen molar-refractivity contribution in [2.45, 2.75) is 0 Å². The standard InChI is InChI=1S/C6H9BN3O/c1-9-3-4-10(7-9)6-2-5-11-8-6/h2,5H,3-4H2,1H3. The van der Waals surface area contributed by atoms with Crippen LogP contribution in [0, 0.1) is 0 Å². The number of nitrogens with zero attached hydrogens (tertiary/aromatic N) is 3. The third kappa shape index (κ3) is 1.23. The lowest BCUT2D eigenvalue weighted by Crippen LogP contribution is -2.27. The van der Waals surface area contributed by atoms with E-state index in [0.717, 1.165) is 18.9 Å². The van der Waals surface area contributed by atoms with E-state index >= 15 is 0 Å². The molecule has 0 atom stereocenters. The highest BCUT2D eigenvalue weighted by molar-refractivity contribution is 6.39. The Bertz CT molecular complexity index is 226. The Labute approximate surface area is 66.0 Å². The topological polar surface area (TPSA) is 32.5 Å². The summed E-state index contributed by atoms with van der Waals surface area (Å²) < 4.78 is 4.73. The zero-order chi connectivity index (χ0) is 7.68. The number of rotatable bonds is 1. The highest BCUT2D eigenvalue weighted by Crippen LogP contribution is 2.12. The molecule has 5 heteroatoms. The van der Waals surface area contributed by atoms with E-state index in [4.69, 9.17) is 4.52 Å². The van der Waals surface area contributed by atoms with Crippen molar-refractivity contribution in [1.82, 2.24) is 9.97 Å². The van der Waals surface area contributed by atoms with Crippen LogP contribution in [0.15, 0.2) is 16.9 Å². The molecule has 0 unspecified atom stereocenters. The first kappa shape index (κ1) is 6.73. The van der Waals surface area contributed by atoms with E-state index in [-0.39, 0.29) is 0 Å². The monoisotopic (exact) mass is 150 g/mol. The van der Waals surface area contributed by atoms with Crippen molar-refractivity contribution in [3.63, 3.8) is 0 Å². The van der Waals surface area contributed by atoms with Crippen LogP contribution in [-0.4, -0.2) is 37.7 Å². The van der Waals surface area contributed by atoms with Crippen LogP contribution < -0.4 is 4.81 Å². The van der Waals surface area contributed by atoms with Gasteiger partial charge in [-0.05, 0) is 7.05 Å². The van der Waals surface area contributed by atoms with Crippen LogP contribution in [-0.2, 0) is 0 Å². The SMILES string of the molecule is CN1[B]N(c2ccon2)CC1. The molecule has 0 amide bonds. The second-order valence-electron chi connectivity index (χ2n) is 2.65. The number of anilines is 1. The molecule has 0 N–H and O–H groups in total. The summed E-state index contributed by atoms with van der Waals surface area (Å²) in [7, 11) is 4.07. The van der Waals surface area contributed by atoms with Crippen molar-refractivity contribution in [2.24, 2.45) is 0 Å². The Morgan fingerprint density at radius 1 is 1.64 bits per heavy atom. The molecule has 0 bridgehead atoms. The summed E-state index contributed by atoms with van der Waals surface area (Å²) in [4.78, 5) is 4.18. The van der Waals surface area contributed by atoms with Crippen molar-refractivity contribution in [2.75, 3.05) is 24.9 Å². The van der Waals surface area contributed by atoms with Crippen LogP contribution in [0.1, 0.15) is 0 Å². The molecule has 0 aliphatic carbocycles. The molecule has 57 valence electrons. The van der Waals surface area contributed by atoms with Crippen LogP contribution in [0.5, 0.6) is 0 Å². The second-order valence-corrected chi connectivity index (χ2v) is 2.65. The van der Waals surface area contributed by atoms with Gasteiger partial charge in [-0.25, -0.2) is 0 Å². The molecule has 0 aromatic carbocycles. The number of likely N-dealkylation sites (N-methyl/N-ethyl adjacent to an activating group) is 1. The van der Waals surface area contributed by atoms with Gasteiger partial charge in [-0.3, -0.25) is 0 Å². The molecular weight excluding hydrogens is 141 g/mol. The van der Waals surface area contributed by atoms with E-state index in [9.17, 15) is 0 Å². The van der Waals surface area contributed by atoms with E-state index < -0.39 is 0 Å². The van der Waals surface area contributed by atoms with E-state index in [1.54, 1.807) is 6.26 Å². The Morgan fingerprint density at radius 3 is 3.09 bits per heavy atom. The van der Waals surface area contributed by atoms with Crippen LogP contribution in [0.25, 0.3) is 0 Å². The maximum absolute atomic E-state index is 4.73. The van der Waals surface area contributed by atoms with Crippen LogP contribution in [0.4, 0.5) is 5.82 Å². The van der Waals surface area contributed by atoms with Gasteiger partial charge in [0.15, 0.2) is 5.82 Å². The van der Waals surface area contributed by atoms with Gasteiger partial charge in [0.2, 0.25) is 0 Å². The van der Waals surface area contributed by atoms with Gasteiger partial charge in [-0.2, -0.15) is 0 Å². The first-order chi connectivity index (χ1) is 5.36. The van der Waals surface area contributed by atoms with E-state index in [1.807, 2.05) is 20.7 Å². The van der Waals surface area contributed by atoms with Crippen molar-refractivity contribution >= 4 is 13.4 Å². The van der Waals surface area contributed by atoms with Crippen LogP contribution >= 0.6 is 0 Å². The van der Waals surface area contributed by atoms with Gasteiger partial charge in [0.25, 0.3) is 0 Å². The van der Waals surface area contributed by atoms with Crippen LogP contribution in [0.3, 0.4) is 0 Å². The number of hydrogen-bond donors (Lipinski definition) is 0. The maximum Gasteiger partial charge on any atom is 0.353 e. The van der Waals surface area contributed by atoms with Gasteiger partial charge < -0.3 is 14.1 Å². The Kier molecular flexibility index (Phi) is 1.58. The van der Waals surface area contributed by atoms with Gasteiger partial charge in [-0.1, -0.05) is 5.16 Å². The lowest BCUT2D eigenvalue weighted by molar-refractivity contribution is 0.421. The summed E-state index contributed by atoms with van der Waals surface area (Å²) in [5, 5.41) is 3.83. The van der Waals surface area contributed by atoms with Crippen molar-refractivity contribution in [1.29, 1.82) is 0 Å². The minimum Gasteiger partial charge on any atom is -0.385 e. The fraction of sp³-hybridized carbons (Fsp3) is 0.500. The minimum atomic E-state index is 0.884. The molecule has 1 fully saturated rings. The molecule has 1 aliphatic rings. The molecule has 0 spiro atoms. The quantitative estimate of drug-likeness (QED) is 0.526. The summed E-state index contributed by atoms with van der Waals surface area (Å²) >= 11 is 0. The smallest absolute Gasteiger partial charge is 0.353 e. The first-order valence-electron chi connectivity index (χ1n) is 3.58. The number of hydrogen-bond acceptors (Lipinski definition) is 4. The summed E-state index contributed by atoms with van der Waals surface area (Å²) in [6.45, 7) is 2.04. The highest BCUT2D eigenvalue weighted by atomic mass is 16.5. The van der Waals surface area contributed by atoms with E-state index in [2.05, 4.69) is 14.8 Å². The molecule has 1 aromatic rings. The lowest BCUT2D eigenvalue weighted by atomic mass is 10.1. The molecule has 2 heterocycles. The molecule has 2 rings (SSSR count). The molecule has 1 radical (unpaired) electrons. The molecule has 1 aromatic heterocycles. The summed E-state index contributed by atoms with van der Waals surface area (Å²) in [6, 6.07) is 1.86. The average molecular weight is 150 g/mol. The van der Waals surface area contributed by atoms with E-state index in [1.165, 1.54) is 0 Å². The van der Waals surface area contributed by atoms with E-state index in [0.29, 0.717) is 0 Å². The van der Waals surface area contributed by atoms with Crippen molar-refractivity contribution in [3.05, 3.63) is 12.3 Å². The van der Waals surface area contributed by atoms with Gasteiger partial charge >= 0.3 is 7.55 Å². The van der Waals surface area contributed by atoms with Crippen molar-refractivity contribution < 1.29 is 4.52 Å². The molecule has 0 saturated carbocycles. The molecule has 1 saturated heterocycles. The summed E-state index contributed by atoms with van der Waals surface area (Å²) in [5.74, 6) is 0.884. The predicted octanol–water partition coefficient (Wildman–Crippen LogP) is -0.0394. The largest absolute Gasteiger partial charge is 0.385 e. The highest BCUT2D eigenvalue weighted by Gasteiger charge is 2.20. The minimum absolute atomic E-state index is 0.884. The first-order valence-corrected chi connectivity index (χ1v) is 3.58. The van der Waals surface area contributed by atoms with Crippen LogP contribution in [0.2, 0.25) is 0 Å². The van der Waals surface area contributed by atoms with Gasteiger partial charge in [0.1, 0.15) is 6.26 Å². The Hall–Kier alpha value is -0.965. The predicted molar refractivity (Wildman–Crippen MR) is 42.2 cm³/mol. The zero-order valence-corrected chi connectivity index (χ0v) is 6.40. The van der Waals surface area contributed by atoms with Gasteiger partial charge in [0, 0.05) is 19.2 Å². The Morgan fingerprint density at radius 2 is 2.55 bits per heavy atom. The molecule has 11 heavy (non-hydrogen) atoms. The third-order valence-electron chi connectivity index (χ3n) is 1.75. The Balaban J connectivity index is 2.08. The summed E-state index contributed by atoms with van der Waals surface area (Å²) in [5.41, 5.74) is 0. The summed E-state index contributed by atoms with van der Waals surface area (Å²) in [6.07, 6.45) is 1.58. The fourth-order valence-corrected chi connectivity index (χ4v) is 1.15. The fourth-order valence-electron chi connectivity index (χ4n) is 1.15. The van der Waals surface area contributed by atoms with Gasteiger partial charge in [0.05, 0.1) is 0 Å². The lowest BCUT2D eigenvalue weighted by Gasteiger charge is -2.10. The van der Waals surface area contributed by atoms with Crippen molar-refractivity contribution in [3.8, 4) is 0 Å².